The Balaban J connectivity index is 2.27. The standard InChI is InChI=1S/C21H15F2N.2Tl/c1-12-4-6-19-15(8-12)16-9-13(2)5-7-20(16)24(19)21-17(22)10-14(3)11-18(21)23;;/h6-11H,1-3H3;;. The maximum absolute atomic E-state index is 14.9. The Morgan fingerprint density at radius 1 is 0.692 bits per heavy atom. The van der Waals surface area contributed by atoms with Gasteiger partial charge in [0.25, 0.3) is 0 Å². The maximum atomic E-state index is 14.9. The average molecular weight is 728 g/mol. The summed E-state index contributed by atoms with van der Waals surface area (Å²) in [6.07, 6.45) is 0. The first-order valence-electron chi connectivity index (χ1n) is 8.34. The van der Waals surface area contributed by atoms with Crippen LogP contribution in [-0.4, -0.2) is 56.1 Å². The van der Waals surface area contributed by atoms with Crippen LogP contribution < -0.4 is 6.25 Å². The molecule has 0 bridgehead atoms. The molecule has 0 aliphatic rings. The minimum absolute atomic E-state index is 0.0251. The van der Waals surface area contributed by atoms with E-state index in [1.807, 2.05) is 0 Å². The van der Waals surface area contributed by atoms with Gasteiger partial charge in [-0.25, -0.2) is 0 Å². The van der Waals surface area contributed by atoms with Crippen LogP contribution >= 0.6 is 0 Å². The second-order valence-corrected chi connectivity index (χ2v) is 11.7. The summed E-state index contributed by atoms with van der Waals surface area (Å²) in [4.78, 5) is 0. The fourth-order valence-corrected chi connectivity index (χ4v) is 5.38. The van der Waals surface area contributed by atoms with E-state index in [1.54, 1.807) is 11.5 Å². The van der Waals surface area contributed by atoms with E-state index in [-0.39, 0.29) is 5.69 Å². The van der Waals surface area contributed by atoms with Gasteiger partial charge in [-0.2, -0.15) is 0 Å². The molecule has 0 saturated carbocycles. The molecule has 5 heteroatoms. The third-order valence-corrected chi connectivity index (χ3v) is 9.76. The Morgan fingerprint density at radius 2 is 1.12 bits per heavy atom. The van der Waals surface area contributed by atoms with Crippen LogP contribution in [0.1, 0.15) is 16.7 Å². The summed E-state index contributed by atoms with van der Waals surface area (Å²) >= 11 is 1.34. The summed E-state index contributed by atoms with van der Waals surface area (Å²) in [5.74, 6) is -1.03. The normalized spacial score (nSPS) is 11.5. The molecule has 26 heavy (non-hydrogen) atoms. The molecule has 124 valence electrons. The molecule has 0 aliphatic heterocycles. The van der Waals surface area contributed by atoms with Gasteiger partial charge in [-0.15, -0.1) is 0 Å². The van der Waals surface area contributed by atoms with Gasteiger partial charge in [-0.05, 0) is 0 Å². The fourth-order valence-electron chi connectivity index (χ4n) is 3.50. The molecule has 0 unspecified atom stereocenters. The Morgan fingerprint density at radius 3 is 1.54 bits per heavy atom. The van der Waals surface area contributed by atoms with Crippen LogP contribution in [0.4, 0.5) is 8.78 Å². The number of rotatable bonds is 1. The van der Waals surface area contributed by atoms with Gasteiger partial charge in [0, 0.05) is 0 Å². The zero-order chi connectivity index (χ0) is 18.7. The Kier molecular flexibility index (Phi) is 4.74. The van der Waals surface area contributed by atoms with Gasteiger partial charge in [-0.1, -0.05) is 0 Å². The van der Waals surface area contributed by atoms with E-state index in [2.05, 4.69) is 38.1 Å². The zero-order valence-electron chi connectivity index (χ0n) is 14.8. The van der Waals surface area contributed by atoms with Gasteiger partial charge in [0.15, 0.2) is 0 Å². The predicted octanol–water partition coefficient (Wildman–Crippen LogP) is 3.57. The van der Waals surface area contributed by atoms with Crippen molar-refractivity contribution in [2.24, 2.45) is 0 Å². The molecule has 0 spiro atoms. The van der Waals surface area contributed by atoms with Crippen LogP contribution in [0.5, 0.6) is 0 Å². The van der Waals surface area contributed by atoms with Gasteiger partial charge in [0.1, 0.15) is 0 Å². The van der Waals surface area contributed by atoms with Crippen LogP contribution in [0.3, 0.4) is 0 Å². The molecule has 1 aromatic heterocycles. The predicted molar refractivity (Wildman–Crippen MR) is 106 cm³/mol. The van der Waals surface area contributed by atoms with Crippen molar-refractivity contribution in [1.29, 1.82) is 0 Å². The molecule has 1 nitrogen and oxygen atoms in total. The van der Waals surface area contributed by atoms with Crippen LogP contribution in [0.15, 0.2) is 36.4 Å². The summed E-state index contributed by atoms with van der Waals surface area (Å²) < 4.78 is 34.0. The number of fused-ring (bicyclic) bond motifs is 3. The van der Waals surface area contributed by atoms with Crippen molar-refractivity contribution in [3.05, 3.63) is 64.7 Å². The molecule has 0 amide bonds. The zero-order valence-corrected chi connectivity index (χ0v) is 23.8. The van der Waals surface area contributed by atoms with Crippen LogP contribution in [0, 0.1) is 32.4 Å². The van der Waals surface area contributed by atoms with Crippen LogP contribution in [0.2, 0.25) is 0 Å². The van der Waals surface area contributed by atoms with Gasteiger partial charge in [0.2, 0.25) is 0 Å². The Hall–Kier alpha value is -0.836. The van der Waals surface area contributed by atoms with Crippen molar-refractivity contribution in [1.82, 2.24) is 4.57 Å². The Bertz CT molecular complexity index is 1120. The average Bonchev–Trinajstić information content (AvgIpc) is 2.81. The number of benzene rings is 3. The molecule has 4 aromatic rings. The monoisotopic (exact) mass is 729 g/mol. The SMILES string of the molecule is Cc1cc(F)c(-n2c3c[c]([Tl])c(C)cc3c3cc(C)[c]([Tl])cc32)c(F)c1. The van der Waals surface area contributed by atoms with E-state index in [0.717, 1.165) is 21.8 Å². The van der Waals surface area contributed by atoms with Crippen molar-refractivity contribution in [3.63, 3.8) is 0 Å². The van der Waals surface area contributed by atoms with E-state index < -0.39 is 11.6 Å². The van der Waals surface area contributed by atoms with Crippen molar-refractivity contribution >= 4 is 79.6 Å². The first-order chi connectivity index (χ1) is 12.3. The quantitative estimate of drug-likeness (QED) is 0.265. The number of hydrogen-bond donors (Lipinski definition) is 0. The molecule has 1 heterocycles. The molecule has 3 aromatic carbocycles. The molecule has 4 rings (SSSR count). The molecular formula is C21H15F2NTl2. The van der Waals surface area contributed by atoms with Gasteiger partial charge in [-0.3, -0.25) is 0 Å². The van der Waals surface area contributed by atoms with E-state index in [4.69, 9.17) is 0 Å². The third kappa shape index (κ3) is 2.85. The first-order valence-corrected chi connectivity index (χ1v) is 12.8. The summed E-state index contributed by atoms with van der Waals surface area (Å²) in [5.41, 5.74) is 4.89. The number of halogens is 2. The summed E-state index contributed by atoms with van der Waals surface area (Å²) in [6.45, 7) is 5.93. The summed E-state index contributed by atoms with van der Waals surface area (Å²) in [7, 11) is 0. The fraction of sp³-hybridized carbons (Fsp3) is 0.143. The van der Waals surface area contributed by atoms with Crippen LogP contribution in [0.25, 0.3) is 27.5 Å². The van der Waals surface area contributed by atoms with Gasteiger partial charge < -0.3 is 0 Å². The van der Waals surface area contributed by atoms with Crippen LogP contribution in [-0.2, 0) is 0 Å². The second kappa shape index (κ2) is 6.65. The third-order valence-electron chi connectivity index (χ3n) is 4.93. The minimum atomic E-state index is -0.517. The summed E-state index contributed by atoms with van der Waals surface area (Å²) in [5, 5.41) is 2.13. The molecular weight excluding hydrogens is 713 g/mol. The molecule has 0 aliphatic carbocycles. The van der Waals surface area contributed by atoms with Gasteiger partial charge in [0.05, 0.1) is 0 Å². The first kappa shape index (κ1) is 18.5. The van der Waals surface area contributed by atoms with E-state index in [0.29, 0.717) is 57.1 Å². The number of nitrogens with zero attached hydrogens (tertiary/aromatic N) is 1. The van der Waals surface area contributed by atoms with Crippen molar-refractivity contribution in [2.45, 2.75) is 20.8 Å². The molecule has 0 saturated heterocycles. The molecule has 0 radical (unpaired) electrons. The van der Waals surface area contributed by atoms with E-state index in [1.165, 1.54) is 29.5 Å². The number of hydrogen-bond acceptors (Lipinski definition) is 0. The topological polar surface area (TPSA) is 4.93 Å². The Labute approximate surface area is 182 Å². The van der Waals surface area contributed by atoms with Gasteiger partial charge >= 0.3 is 184 Å². The van der Waals surface area contributed by atoms with E-state index in [9.17, 15) is 8.78 Å². The number of aromatic nitrogens is 1. The molecule has 0 atom stereocenters. The van der Waals surface area contributed by atoms with Crippen molar-refractivity contribution < 1.29 is 8.78 Å². The van der Waals surface area contributed by atoms with Crippen molar-refractivity contribution in [2.75, 3.05) is 0 Å². The van der Waals surface area contributed by atoms with Crippen molar-refractivity contribution in [3.8, 4) is 5.69 Å². The molecule has 0 N–H and O–H groups in total. The number of aryl methyl sites for hydroxylation is 3. The second-order valence-electron chi connectivity index (χ2n) is 6.86. The van der Waals surface area contributed by atoms with E-state index >= 15 is 0 Å². The molecule has 0 fully saturated rings. The summed E-state index contributed by atoms with van der Waals surface area (Å²) in [6, 6.07) is 11.4.